The smallest absolute Gasteiger partial charge is 0.326 e. The SMILES string of the molecule is CC(C)C[C@H](NC(=O)[C@H](Cc1ccc(O)cc1)NC(=O)[C@H](CCCN=C(N)N)NC(=O)[C@@H](N)CC(=O)O)C(=O)N[C@@H](CCCCN)C(=O)N[C@@H](Cc1ccccc1)C(=O)N[C@@H](CCCN=C(N)N)C(=O)N1CCC[C@H]1C(=O)N[C@H](C(=O)O)C(C)C. The Morgan fingerprint density at radius 3 is 1.54 bits per heavy atom. The zero-order valence-electron chi connectivity index (χ0n) is 48.8. The van der Waals surface area contributed by atoms with E-state index in [4.69, 9.17) is 34.4 Å². The Morgan fingerprint density at radius 1 is 0.588 bits per heavy atom. The molecule has 3 rings (SSSR count). The van der Waals surface area contributed by atoms with Crippen molar-refractivity contribution in [3.63, 3.8) is 0 Å². The number of carbonyl (C=O) groups is 10. The minimum atomic E-state index is -1.55. The summed E-state index contributed by atoms with van der Waals surface area (Å²) in [6, 6.07) is 2.29. The number of benzene rings is 2. The molecule has 0 aromatic heterocycles. The van der Waals surface area contributed by atoms with Crippen LogP contribution >= 0.6 is 0 Å². The van der Waals surface area contributed by atoms with Crippen molar-refractivity contribution in [1.82, 2.24) is 42.1 Å². The molecule has 85 heavy (non-hydrogen) atoms. The van der Waals surface area contributed by atoms with Crippen molar-refractivity contribution in [3.8, 4) is 5.75 Å². The number of guanidine groups is 2. The number of rotatable bonds is 37. The van der Waals surface area contributed by atoms with Gasteiger partial charge in [-0.3, -0.25) is 53.1 Å². The molecular formula is C56H88N16O13. The fourth-order valence-corrected chi connectivity index (χ4v) is 9.32. The number of amides is 8. The number of likely N-dealkylation sites (tertiary alicyclic amines) is 1. The number of hydrogen-bond acceptors (Lipinski definition) is 15. The van der Waals surface area contributed by atoms with Gasteiger partial charge in [0.25, 0.3) is 0 Å². The second-order valence-electron chi connectivity index (χ2n) is 21.7. The molecule has 0 unspecified atom stereocenters. The average molecular weight is 1190 g/mol. The minimum absolute atomic E-state index is 0.00655. The number of aliphatic carboxylic acids is 2. The molecule has 2 aromatic carbocycles. The highest BCUT2D eigenvalue weighted by Gasteiger charge is 2.41. The summed E-state index contributed by atoms with van der Waals surface area (Å²) in [5.74, 6) is -10.4. The first-order valence-corrected chi connectivity index (χ1v) is 28.5. The van der Waals surface area contributed by atoms with Crippen molar-refractivity contribution < 1.29 is 63.3 Å². The Balaban J connectivity index is 2.01. The van der Waals surface area contributed by atoms with E-state index in [9.17, 15) is 63.3 Å². The number of aromatic hydroxyl groups is 1. The molecule has 8 amide bonds. The van der Waals surface area contributed by atoms with E-state index in [1.165, 1.54) is 29.2 Å². The Labute approximate surface area is 494 Å². The molecule has 1 aliphatic rings. The normalized spacial score (nSPS) is 15.7. The number of carboxylic acids is 2. The molecule has 1 heterocycles. The Morgan fingerprint density at radius 2 is 1.05 bits per heavy atom. The van der Waals surface area contributed by atoms with Crippen LogP contribution in [0.25, 0.3) is 0 Å². The van der Waals surface area contributed by atoms with Crippen molar-refractivity contribution in [2.75, 3.05) is 26.2 Å². The number of nitrogens with one attached hydrogen (secondary N) is 7. The zero-order chi connectivity index (χ0) is 63.3. The highest BCUT2D eigenvalue weighted by atomic mass is 16.4. The molecule has 2 aromatic rings. The summed E-state index contributed by atoms with van der Waals surface area (Å²) in [5, 5.41) is 47.8. The number of aliphatic imine (C=N–C) groups is 2. The van der Waals surface area contributed by atoms with E-state index in [1.807, 2.05) is 0 Å². The van der Waals surface area contributed by atoms with Gasteiger partial charge in [-0.1, -0.05) is 70.2 Å². The van der Waals surface area contributed by atoms with Crippen molar-refractivity contribution in [3.05, 3.63) is 65.7 Å². The first-order valence-electron chi connectivity index (χ1n) is 28.5. The quantitative estimate of drug-likeness (QED) is 0.0187. The van der Waals surface area contributed by atoms with Gasteiger partial charge in [0, 0.05) is 32.5 Å². The van der Waals surface area contributed by atoms with E-state index >= 15 is 0 Å². The number of hydrogen-bond donors (Lipinski definition) is 16. The third-order valence-electron chi connectivity index (χ3n) is 13.8. The Kier molecular flexibility index (Phi) is 30.1. The highest BCUT2D eigenvalue weighted by Crippen LogP contribution is 2.22. The molecule has 0 radical (unpaired) electrons. The van der Waals surface area contributed by atoms with Crippen molar-refractivity contribution >= 4 is 71.1 Å². The van der Waals surface area contributed by atoms with Gasteiger partial charge in [0.1, 0.15) is 54.1 Å². The van der Waals surface area contributed by atoms with Gasteiger partial charge in [-0.25, -0.2) is 4.79 Å². The van der Waals surface area contributed by atoms with E-state index in [2.05, 4.69) is 47.2 Å². The Hall–Kier alpha value is -8.60. The van der Waals surface area contributed by atoms with Gasteiger partial charge >= 0.3 is 11.9 Å². The van der Waals surface area contributed by atoms with Crippen LogP contribution in [0.5, 0.6) is 5.75 Å². The number of phenolic OH excluding ortho intramolecular Hbond substituents is 1. The van der Waals surface area contributed by atoms with Crippen LogP contribution in [0.4, 0.5) is 0 Å². The first-order chi connectivity index (χ1) is 40.2. The summed E-state index contributed by atoms with van der Waals surface area (Å²) < 4.78 is 0. The summed E-state index contributed by atoms with van der Waals surface area (Å²) in [6.07, 6.45) is 0.502. The molecule has 1 fully saturated rings. The predicted octanol–water partition coefficient (Wildman–Crippen LogP) is -2.61. The molecular weight excluding hydrogens is 1100 g/mol. The number of nitrogens with zero attached hydrogens (tertiary/aromatic N) is 3. The highest BCUT2D eigenvalue weighted by molar-refractivity contribution is 5.98. The van der Waals surface area contributed by atoms with Crippen molar-refractivity contribution in [2.45, 2.75) is 166 Å². The third-order valence-corrected chi connectivity index (χ3v) is 13.8. The van der Waals surface area contributed by atoms with Gasteiger partial charge in [0.05, 0.1) is 12.5 Å². The van der Waals surface area contributed by atoms with Crippen LogP contribution in [-0.4, -0.2) is 172 Å². The lowest BCUT2D eigenvalue weighted by Crippen LogP contribution is -2.61. The van der Waals surface area contributed by atoms with E-state index < -0.39 is 126 Å². The summed E-state index contributed by atoms with van der Waals surface area (Å²) in [5.41, 5.74) is 34.8. The monoisotopic (exact) mass is 1190 g/mol. The first kappa shape index (κ1) is 70.7. The number of nitrogens with two attached hydrogens (primary N) is 6. The average Bonchev–Trinajstić information content (AvgIpc) is 4.21. The largest absolute Gasteiger partial charge is 0.508 e. The van der Waals surface area contributed by atoms with E-state index in [1.54, 1.807) is 58.0 Å². The van der Waals surface area contributed by atoms with Crippen molar-refractivity contribution in [2.24, 2.45) is 56.2 Å². The number of carbonyl (C=O) groups excluding carboxylic acids is 8. The molecule has 0 bridgehead atoms. The molecule has 0 aliphatic carbocycles. The van der Waals surface area contributed by atoms with Crippen LogP contribution in [-0.2, 0) is 60.8 Å². The van der Waals surface area contributed by atoms with Gasteiger partial charge < -0.3 is 91.8 Å². The lowest BCUT2D eigenvalue weighted by atomic mass is 9.99. The molecule has 0 saturated carbocycles. The fraction of sp³-hybridized carbons (Fsp3) is 0.571. The second kappa shape index (κ2) is 36.2. The molecule has 9 atom stereocenters. The van der Waals surface area contributed by atoms with Crippen LogP contribution in [0.15, 0.2) is 64.6 Å². The maximum atomic E-state index is 14.7. The number of phenols is 1. The molecule has 29 heteroatoms. The van der Waals surface area contributed by atoms with Crippen LogP contribution in [0.2, 0.25) is 0 Å². The maximum Gasteiger partial charge on any atom is 0.326 e. The van der Waals surface area contributed by atoms with Gasteiger partial charge in [-0.15, -0.1) is 0 Å². The predicted molar refractivity (Wildman–Crippen MR) is 315 cm³/mol. The maximum absolute atomic E-state index is 14.7. The van der Waals surface area contributed by atoms with Gasteiger partial charge in [-0.05, 0) is 106 Å². The molecule has 470 valence electrons. The van der Waals surface area contributed by atoms with Gasteiger partial charge in [-0.2, -0.15) is 0 Å². The van der Waals surface area contributed by atoms with E-state index in [0.29, 0.717) is 30.4 Å². The summed E-state index contributed by atoms with van der Waals surface area (Å²) in [7, 11) is 0. The molecule has 1 saturated heterocycles. The number of unbranched alkanes of at least 4 members (excludes halogenated alkanes) is 1. The zero-order valence-corrected chi connectivity index (χ0v) is 48.8. The lowest BCUT2D eigenvalue weighted by Gasteiger charge is -2.31. The standard InChI is InChI=1S/C56H88N16O13/c1-31(2)27-40(68-51(81)42(29-34-19-21-35(73)22-20-34)70-48(78)38(16-10-24-63-55(59)60)65-46(76)36(58)30-44(74)75)49(79)66-37(15-8-9-23-57)47(77)69-41(28-33-13-6-5-7-14-33)50(80)67-39(17-11-25-64-56(61)62)53(83)72-26-12-18-43(72)52(82)71-45(32(3)4)54(84)85/h5-7,13-14,19-22,31-32,36-43,45,73H,8-12,15-18,23-30,57-58H2,1-4H3,(H,65,76)(H,66,79)(H,67,80)(H,68,81)(H,69,77)(H,70,78)(H,71,82)(H,74,75)(H,84,85)(H4,59,60,63)(H4,61,62,64)/t36-,37-,38-,39-,40-,41-,42-,43-,45-/m0/s1. The third kappa shape index (κ3) is 25.4. The summed E-state index contributed by atoms with van der Waals surface area (Å²) in [6.45, 7) is 7.27. The topological polar surface area (TPSA) is 500 Å². The number of carboxylic acid groups (broad SMARTS) is 2. The van der Waals surface area contributed by atoms with Crippen molar-refractivity contribution in [1.29, 1.82) is 0 Å². The molecule has 22 N–H and O–H groups in total. The fourth-order valence-electron chi connectivity index (χ4n) is 9.32. The van der Waals surface area contributed by atoms with Crippen LogP contribution < -0.4 is 71.6 Å². The summed E-state index contributed by atoms with van der Waals surface area (Å²) >= 11 is 0. The van der Waals surface area contributed by atoms with E-state index in [0.717, 1.165) is 0 Å². The molecule has 29 nitrogen and oxygen atoms in total. The lowest BCUT2D eigenvalue weighted by molar-refractivity contribution is -0.146. The van der Waals surface area contributed by atoms with Gasteiger partial charge in [0.2, 0.25) is 47.3 Å². The van der Waals surface area contributed by atoms with Crippen LogP contribution in [0, 0.1) is 11.8 Å². The minimum Gasteiger partial charge on any atom is -0.508 e. The Bertz CT molecular complexity index is 2620. The van der Waals surface area contributed by atoms with Crippen LogP contribution in [0.1, 0.15) is 109 Å². The second-order valence-corrected chi connectivity index (χ2v) is 21.7. The molecule has 0 spiro atoms. The van der Waals surface area contributed by atoms with E-state index in [-0.39, 0.29) is 108 Å². The summed E-state index contributed by atoms with van der Waals surface area (Å²) in [4.78, 5) is 146. The molecule has 1 aliphatic heterocycles. The van der Waals surface area contributed by atoms with Gasteiger partial charge in [0.15, 0.2) is 11.9 Å². The van der Waals surface area contributed by atoms with Crippen LogP contribution in [0.3, 0.4) is 0 Å².